The van der Waals surface area contributed by atoms with Gasteiger partial charge in [0.25, 0.3) is 0 Å². The first-order valence-corrected chi connectivity index (χ1v) is 7.32. The first-order valence-electron chi connectivity index (χ1n) is 6.44. The number of hydrazone groups is 1. The maximum Gasteiger partial charge on any atom is 0.205 e. The molecule has 3 N–H and O–H groups in total. The van der Waals surface area contributed by atoms with Crippen LogP contribution in [0.25, 0.3) is 0 Å². The molecule has 0 saturated heterocycles. The number of aromatic nitrogens is 1. The Kier molecular flexibility index (Phi) is 5.52. The number of thiazole rings is 1. The smallest absolute Gasteiger partial charge is 0.205 e. The van der Waals surface area contributed by atoms with Crippen LogP contribution in [0.3, 0.4) is 0 Å². The van der Waals surface area contributed by atoms with E-state index in [4.69, 9.17) is 10.5 Å². The normalized spacial score (nSPS) is 11.1. The van der Waals surface area contributed by atoms with Gasteiger partial charge < -0.3 is 10.5 Å². The van der Waals surface area contributed by atoms with Crippen molar-refractivity contribution in [3.63, 3.8) is 0 Å². The number of nitrogens with two attached hydrogens (primary N) is 1. The summed E-state index contributed by atoms with van der Waals surface area (Å²) in [6.45, 7) is 3.51. The molecular weight excluding hydrogens is 272 g/mol. The van der Waals surface area contributed by atoms with Crippen LogP contribution < -0.4 is 11.2 Å². The largest absolute Gasteiger partial charge is 0.383 e. The molecular formula is C14H18N4OS. The third-order valence-corrected chi connectivity index (χ3v) is 3.23. The van der Waals surface area contributed by atoms with Crippen LogP contribution in [0, 0.1) is 0 Å². The Morgan fingerprint density at radius 3 is 3.15 bits per heavy atom. The number of hydrogen-bond acceptors (Lipinski definition) is 6. The Morgan fingerprint density at radius 2 is 2.40 bits per heavy atom. The number of nitrogen functional groups attached to an aromatic ring is 1. The predicted octanol–water partition coefficient (Wildman–Crippen LogP) is 3.10. The van der Waals surface area contributed by atoms with Gasteiger partial charge in [-0.2, -0.15) is 5.10 Å². The van der Waals surface area contributed by atoms with Crippen molar-refractivity contribution in [1.29, 1.82) is 0 Å². The topological polar surface area (TPSA) is 72.5 Å². The van der Waals surface area contributed by atoms with Crippen LogP contribution in [0.1, 0.15) is 24.5 Å². The minimum Gasteiger partial charge on any atom is -0.383 e. The minimum absolute atomic E-state index is 0.503. The SMILES string of the molecule is CCCOCc1cccc(C=NNc2nc(N)cs2)c1. The Bertz CT molecular complexity index is 568. The van der Waals surface area contributed by atoms with Gasteiger partial charge in [-0.05, 0) is 23.6 Å². The molecule has 2 rings (SSSR count). The molecule has 106 valence electrons. The summed E-state index contributed by atoms with van der Waals surface area (Å²) in [5, 5.41) is 6.59. The third kappa shape index (κ3) is 4.64. The van der Waals surface area contributed by atoms with Gasteiger partial charge in [0, 0.05) is 12.0 Å². The van der Waals surface area contributed by atoms with Crippen LogP contribution in [-0.4, -0.2) is 17.8 Å². The first kappa shape index (κ1) is 14.5. The molecule has 0 aliphatic rings. The first-order chi connectivity index (χ1) is 9.78. The summed E-state index contributed by atoms with van der Waals surface area (Å²) in [5.74, 6) is 0.503. The van der Waals surface area contributed by atoms with Crippen molar-refractivity contribution in [3.8, 4) is 0 Å². The van der Waals surface area contributed by atoms with Crippen LogP contribution in [-0.2, 0) is 11.3 Å². The number of ether oxygens (including phenoxy) is 1. The second-order valence-electron chi connectivity index (χ2n) is 4.25. The number of anilines is 2. The van der Waals surface area contributed by atoms with Gasteiger partial charge in [-0.3, -0.25) is 5.43 Å². The maximum absolute atomic E-state index is 5.53. The fourth-order valence-corrected chi connectivity index (χ4v) is 2.15. The molecule has 0 aliphatic heterocycles. The zero-order valence-corrected chi connectivity index (χ0v) is 12.2. The van der Waals surface area contributed by atoms with Gasteiger partial charge in [0.1, 0.15) is 5.82 Å². The molecule has 0 saturated carbocycles. The number of benzene rings is 1. The summed E-state index contributed by atoms with van der Waals surface area (Å²) < 4.78 is 5.52. The number of nitrogens with zero attached hydrogens (tertiary/aromatic N) is 2. The van der Waals surface area contributed by atoms with E-state index in [1.165, 1.54) is 11.3 Å². The molecule has 2 aromatic rings. The lowest BCUT2D eigenvalue weighted by molar-refractivity contribution is 0.121. The molecule has 0 unspecified atom stereocenters. The van der Waals surface area contributed by atoms with E-state index in [2.05, 4.69) is 28.5 Å². The van der Waals surface area contributed by atoms with E-state index in [9.17, 15) is 0 Å². The lowest BCUT2D eigenvalue weighted by Crippen LogP contribution is -1.95. The van der Waals surface area contributed by atoms with E-state index in [0.29, 0.717) is 17.6 Å². The lowest BCUT2D eigenvalue weighted by Gasteiger charge is -2.03. The van der Waals surface area contributed by atoms with Crippen molar-refractivity contribution in [2.24, 2.45) is 5.10 Å². The molecule has 1 aromatic carbocycles. The van der Waals surface area contributed by atoms with Crippen LogP contribution in [0.15, 0.2) is 34.7 Å². The fourth-order valence-electron chi connectivity index (χ4n) is 1.60. The summed E-state index contributed by atoms with van der Waals surface area (Å²) >= 11 is 1.42. The predicted molar refractivity (Wildman–Crippen MR) is 84.1 cm³/mol. The van der Waals surface area contributed by atoms with E-state index >= 15 is 0 Å². The van der Waals surface area contributed by atoms with Crippen molar-refractivity contribution in [3.05, 3.63) is 40.8 Å². The molecule has 0 aliphatic carbocycles. The molecule has 6 heteroatoms. The molecule has 5 nitrogen and oxygen atoms in total. The summed E-state index contributed by atoms with van der Waals surface area (Å²) in [7, 11) is 0. The van der Waals surface area contributed by atoms with Crippen LogP contribution in [0.5, 0.6) is 0 Å². The standard InChI is InChI=1S/C14H18N4OS/c1-2-6-19-9-12-5-3-4-11(7-12)8-16-18-14-17-13(15)10-20-14/h3-5,7-8,10H,2,6,9,15H2,1H3,(H,17,18). The summed E-state index contributed by atoms with van der Waals surface area (Å²) in [6, 6.07) is 8.08. The number of nitrogens with one attached hydrogen (secondary N) is 1. The summed E-state index contributed by atoms with van der Waals surface area (Å²) in [6.07, 6.45) is 2.78. The highest BCUT2D eigenvalue weighted by Gasteiger charge is 1.96. The highest BCUT2D eigenvalue weighted by Crippen LogP contribution is 2.16. The average molecular weight is 290 g/mol. The van der Waals surface area contributed by atoms with Crippen LogP contribution in [0.2, 0.25) is 0 Å². The molecule has 0 bridgehead atoms. The molecule has 20 heavy (non-hydrogen) atoms. The van der Waals surface area contributed by atoms with Crippen molar-refractivity contribution in [2.75, 3.05) is 17.8 Å². The Labute approximate surface area is 122 Å². The Balaban J connectivity index is 1.90. The van der Waals surface area contributed by atoms with Gasteiger partial charge in [0.15, 0.2) is 0 Å². The molecule has 0 spiro atoms. The summed E-state index contributed by atoms with van der Waals surface area (Å²) in [5.41, 5.74) is 10.5. The van der Waals surface area contributed by atoms with Gasteiger partial charge in [-0.15, -0.1) is 11.3 Å². The third-order valence-electron chi connectivity index (χ3n) is 2.46. The van der Waals surface area contributed by atoms with E-state index in [-0.39, 0.29) is 0 Å². The second kappa shape index (κ2) is 7.62. The highest BCUT2D eigenvalue weighted by molar-refractivity contribution is 7.14. The van der Waals surface area contributed by atoms with Gasteiger partial charge in [0.05, 0.1) is 12.8 Å². The highest BCUT2D eigenvalue weighted by atomic mass is 32.1. The van der Waals surface area contributed by atoms with Crippen LogP contribution in [0.4, 0.5) is 10.9 Å². The Hall–Kier alpha value is -1.92. The number of rotatable bonds is 7. The van der Waals surface area contributed by atoms with Gasteiger partial charge in [-0.1, -0.05) is 25.1 Å². The van der Waals surface area contributed by atoms with E-state index in [0.717, 1.165) is 24.2 Å². The quantitative estimate of drug-likeness (QED) is 0.467. The lowest BCUT2D eigenvalue weighted by atomic mass is 10.1. The molecule has 1 aromatic heterocycles. The van der Waals surface area contributed by atoms with E-state index in [1.54, 1.807) is 11.6 Å². The van der Waals surface area contributed by atoms with Crippen molar-refractivity contribution >= 4 is 28.5 Å². The van der Waals surface area contributed by atoms with E-state index < -0.39 is 0 Å². The van der Waals surface area contributed by atoms with E-state index in [1.807, 2.05) is 18.2 Å². The van der Waals surface area contributed by atoms with Gasteiger partial charge in [-0.25, -0.2) is 4.98 Å². The number of hydrogen-bond donors (Lipinski definition) is 2. The molecule has 0 fully saturated rings. The molecule has 0 atom stereocenters. The Morgan fingerprint density at radius 1 is 1.50 bits per heavy atom. The maximum atomic E-state index is 5.53. The molecule has 0 amide bonds. The zero-order chi connectivity index (χ0) is 14.2. The van der Waals surface area contributed by atoms with Crippen molar-refractivity contribution in [2.45, 2.75) is 20.0 Å². The monoisotopic (exact) mass is 290 g/mol. The van der Waals surface area contributed by atoms with Crippen molar-refractivity contribution in [1.82, 2.24) is 4.98 Å². The molecule has 1 heterocycles. The fraction of sp³-hybridized carbons (Fsp3) is 0.286. The van der Waals surface area contributed by atoms with Gasteiger partial charge in [0.2, 0.25) is 5.13 Å². The zero-order valence-electron chi connectivity index (χ0n) is 11.4. The average Bonchev–Trinajstić information content (AvgIpc) is 2.85. The van der Waals surface area contributed by atoms with Crippen LogP contribution >= 0.6 is 11.3 Å². The van der Waals surface area contributed by atoms with Crippen molar-refractivity contribution < 1.29 is 4.74 Å². The minimum atomic E-state index is 0.503. The summed E-state index contributed by atoms with van der Waals surface area (Å²) in [4.78, 5) is 4.06. The second-order valence-corrected chi connectivity index (χ2v) is 5.10. The molecule has 0 radical (unpaired) electrons. The van der Waals surface area contributed by atoms with Gasteiger partial charge >= 0.3 is 0 Å².